The Morgan fingerprint density at radius 2 is 2.40 bits per heavy atom. The van der Waals surface area contributed by atoms with Crippen molar-refractivity contribution in [2.24, 2.45) is 0 Å². The predicted octanol–water partition coefficient (Wildman–Crippen LogP) is 0.0669. The number of aromatic nitrogens is 1. The van der Waals surface area contributed by atoms with Gasteiger partial charge in [-0.25, -0.2) is 6.07 Å². The largest absolute Gasteiger partial charge is 2.00 e. The minimum Gasteiger partial charge on any atom is -0.473 e. The second-order valence-electron chi connectivity index (χ2n) is 3.44. The zero-order valence-electron chi connectivity index (χ0n) is 8.38. The molecule has 0 bridgehead atoms. The van der Waals surface area contributed by atoms with E-state index in [1.54, 1.807) is 18.3 Å². The Morgan fingerprint density at radius 1 is 1.67 bits per heavy atom. The van der Waals surface area contributed by atoms with Crippen LogP contribution in [0.15, 0.2) is 18.3 Å². The Labute approximate surface area is 104 Å². The smallest absolute Gasteiger partial charge is 0.473 e. The second kappa shape index (κ2) is 5.38. The van der Waals surface area contributed by atoms with Crippen LogP contribution in [0.1, 0.15) is 0 Å². The van der Waals surface area contributed by atoms with Crippen LogP contribution >= 0.6 is 0 Å². The number of likely N-dealkylation sites (tertiary alicyclic amines) is 1. The van der Waals surface area contributed by atoms with E-state index in [0.717, 1.165) is 13.1 Å². The first-order valence-electron chi connectivity index (χ1n) is 4.49. The molecule has 1 fully saturated rings. The van der Waals surface area contributed by atoms with E-state index in [-0.39, 0.29) is 27.1 Å². The molecular weight excluding hydrogens is 362 g/mol. The van der Waals surface area contributed by atoms with Crippen LogP contribution in [0.2, 0.25) is 0 Å². The number of hydrogen-bond donors (Lipinski definition) is 0. The van der Waals surface area contributed by atoms with E-state index < -0.39 is 0 Å². The van der Waals surface area contributed by atoms with Crippen molar-refractivity contribution in [2.45, 2.75) is 6.04 Å². The van der Waals surface area contributed by atoms with E-state index in [9.17, 15) is 4.79 Å². The molecule has 5 heteroatoms. The molecule has 15 heavy (non-hydrogen) atoms. The molecule has 2 rings (SSSR count). The fraction of sp³-hybridized carbons (Fsp3) is 0.400. The van der Waals surface area contributed by atoms with Crippen LogP contribution in [-0.4, -0.2) is 42.5 Å². The van der Waals surface area contributed by atoms with Gasteiger partial charge in [-0.15, -0.1) is 5.82 Å². The van der Waals surface area contributed by atoms with E-state index in [4.69, 9.17) is 0 Å². The number of likely N-dealkylation sites (N-methyl/N-ethyl adjacent to an activating group) is 1. The summed E-state index contributed by atoms with van der Waals surface area (Å²) in [7, 11) is 2.02. The molecule has 78 valence electrons. The monoisotopic (exact) mass is 373 g/mol. The zero-order chi connectivity index (χ0) is 9.97. The van der Waals surface area contributed by atoms with Gasteiger partial charge in [0, 0.05) is 19.1 Å². The molecule has 0 radical (unpaired) electrons. The van der Waals surface area contributed by atoms with Crippen LogP contribution in [0.3, 0.4) is 0 Å². The number of carbonyl (C=O) groups excluding carboxylic acids is 1. The number of hydrogen-bond acceptors (Lipinski definition) is 3. The van der Waals surface area contributed by atoms with E-state index in [1.165, 1.54) is 4.90 Å². The summed E-state index contributed by atoms with van der Waals surface area (Å²) in [6.07, 6.45) is 3.56. The van der Waals surface area contributed by atoms with Crippen molar-refractivity contribution in [1.29, 1.82) is 0 Å². The molecule has 1 aromatic heterocycles. The molecule has 0 unspecified atom stereocenters. The Hall–Kier alpha value is -0.732. The van der Waals surface area contributed by atoms with Crippen LogP contribution in [0.4, 0.5) is 5.82 Å². The summed E-state index contributed by atoms with van der Waals surface area (Å²) >= 11 is 0. The second-order valence-corrected chi connectivity index (χ2v) is 3.44. The molecule has 0 spiro atoms. The third-order valence-corrected chi connectivity index (χ3v) is 2.33. The molecule has 0 aromatic carbocycles. The van der Waals surface area contributed by atoms with Gasteiger partial charge in [0.25, 0.3) is 0 Å². The van der Waals surface area contributed by atoms with Crippen LogP contribution in [0.5, 0.6) is 0 Å². The number of pyridine rings is 1. The van der Waals surface area contributed by atoms with Crippen LogP contribution in [0.25, 0.3) is 0 Å². The number of anilines is 1. The molecule has 1 amide bonds. The van der Waals surface area contributed by atoms with E-state index in [0.29, 0.717) is 5.82 Å². The molecule has 0 atom stereocenters. The molecular formula is C10H11N3OW. The SMILES string of the molecule is CN1CC(N([C-]=O)c2[c-]cccn2)C1.[W+2]. The average Bonchev–Trinajstić information content (AvgIpc) is 2.18. The minimum atomic E-state index is 0. The van der Waals surface area contributed by atoms with Crippen molar-refractivity contribution in [3.05, 3.63) is 24.4 Å². The van der Waals surface area contributed by atoms with Gasteiger partial charge in [0.1, 0.15) is 0 Å². The predicted molar refractivity (Wildman–Crippen MR) is 52.5 cm³/mol. The van der Waals surface area contributed by atoms with Gasteiger partial charge in [-0.3, -0.25) is 0 Å². The van der Waals surface area contributed by atoms with Crippen molar-refractivity contribution in [1.82, 2.24) is 9.88 Å². The summed E-state index contributed by atoms with van der Waals surface area (Å²) in [5, 5.41) is 0. The van der Waals surface area contributed by atoms with Crippen LogP contribution < -0.4 is 4.90 Å². The molecule has 0 saturated carbocycles. The molecule has 0 N–H and O–H groups in total. The number of nitrogens with zero attached hydrogens (tertiary/aromatic N) is 3. The van der Waals surface area contributed by atoms with Crippen molar-refractivity contribution in [3.63, 3.8) is 0 Å². The standard InChI is InChI=1S/C10H11N3O.W/c1-12-6-9(7-12)13(8-14)10-4-2-3-5-11-10;/h2-3,5,9H,6-7H2,1H3;/q-2;+2. The first kappa shape index (κ1) is 12.3. The fourth-order valence-corrected chi connectivity index (χ4v) is 1.57. The summed E-state index contributed by atoms with van der Waals surface area (Å²) in [5.74, 6) is 0.556. The summed E-state index contributed by atoms with van der Waals surface area (Å²) < 4.78 is 0. The summed E-state index contributed by atoms with van der Waals surface area (Å²) in [6.45, 7) is 1.75. The van der Waals surface area contributed by atoms with Gasteiger partial charge in [-0.1, -0.05) is 6.20 Å². The molecule has 1 aliphatic rings. The van der Waals surface area contributed by atoms with E-state index >= 15 is 0 Å². The van der Waals surface area contributed by atoms with Gasteiger partial charge >= 0.3 is 21.1 Å². The number of amides is 1. The Bertz CT molecular complexity index is 314. The summed E-state index contributed by atoms with van der Waals surface area (Å²) in [4.78, 5) is 18.5. The van der Waals surface area contributed by atoms with Gasteiger partial charge in [-0.2, -0.15) is 6.07 Å². The molecule has 4 nitrogen and oxygen atoms in total. The topological polar surface area (TPSA) is 36.4 Å². The van der Waals surface area contributed by atoms with Gasteiger partial charge in [0.2, 0.25) is 0 Å². The number of rotatable bonds is 3. The molecule has 0 aliphatic carbocycles. The van der Waals surface area contributed by atoms with E-state index in [2.05, 4.69) is 16.0 Å². The van der Waals surface area contributed by atoms with Crippen molar-refractivity contribution >= 4 is 12.2 Å². The molecule has 2 heterocycles. The third-order valence-electron chi connectivity index (χ3n) is 2.33. The summed E-state index contributed by atoms with van der Waals surface area (Å²) in [5.41, 5.74) is 0. The zero-order valence-corrected chi connectivity index (χ0v) is 11.3. The third kappa shape index (κ3) is 2.64. The van der Waals surface area contributed by atoms with Crippen molar-refractivity contribution in [3.8, 4) is 0 Å². The summed E-state index contributed by atoms with van der Waals surface area (Å²) in [6, 6.07) is 6.64. The van der Waals surface area contributed by atoms with Gasteiger partial charge in [0.05, 0.1) is 6.41 Å². The Kier molecular flexibility index (Phi) is 4.42. The van der Waals surface area contributed by atoms with Crippen molar-refractivity contribution < 1.29 is 25.9 Å². The van der Waals surface area contributed by atoms with Gasteiger partial charge < -0.3 is 25.6 Å². The minimum absolute atomic E-state index is 0. The maximum atomic E-state index is 10.8. The first-order chi connectivity index (χ1) is 6.81. The normalized spacial score (nSPS) is 16.3. The molecule has 1 aromatic rings. The van der Waals surface area contributed by atoms with Crippen LogP contribution in [-0.2, 0) is 25.9 Å². The first-order valence-corrected chi connectivity index (χ1v) is 4.49. The average molecular weight is 373 g/mol. The Balaban J connectivity index is 0.00000112. The molecule has 1 saturated heterocycles. The van der Waals surface area contributed by atoms with Gasteiger partial charge in [-0.05, 0) is 7.05 Å². The fourth-order valence-electron chi connectivity index (χ4n) is 1.57. The van der Waals surface area contributed by atoms with Gasteiger partial charge in [0.15, 0.2) is 0 Å². The maximum Gasteiger partial charge on any atom is 2.00 e. The molecule has 1 aliphatic heterocycles. The Morgan fingerprint density at radius 3 is 2.87 bits per heavy atom. The van der Waals surface area contributed by atoms with Crippen LogP contribution in [0, 0.1) is 6.07 Å². The van der Waals surface area contributed by atoms with E-state index in [1.807, 2.05) is 13.5 Å². The van der Waals surface area contributed by atoms with Crippen molar-refractivity contribution in [2.75, 3.05) is 25.0 Å². The maximum absolute atomic E-state index is 10.8. The quantitative estimate of drug-likeness (QED) is 0.556.